The van der Waals surface area contributed by atoms with Gasteiger partial charge < -0.3 is 19.4 Å². The van der Waals surface area contributed by atoms with Gasteiger partial charge in [0.15, 0.2) is 0 Å². The fourth-order valence-electron chi connectivity index (χ4n) is 7.15. The monoisotopic (exact) mass is 868 g/mol. The largest absolute Gasteiger partial charge is 0.509 e. The van der Waals surface area contributed by atoms with E-state index in [4.69, 9.17) is 9.72 Å². The minimum atomic E-state index is 0. The van der Waals surface area contributed by atoms with Gasteiger partial charge in [-0.2, -0.15) is 12.1 Å². The van der Waals surface area contributed by atoms with E-state index in [2.05, 4.69) is 176 Å². The maximum atomic E-state index is 6.61. The standard InChI is InChI=1S/C47H37N4O.Pt/c1-32-25-26-48-46(27-32)51-42-20-8-7-19-40(42)38-17-5-6-18-39(38)41-24-23-37(30-45(41)51)52-36-16-12-15-35(29-36)50-31-49(43-21-9-10-22-44(43)50)34-14-11-13-33(28-34)47(2,3)4;/h5-28,31H,1-4H3;/q-3;. The van der Waals surface area contributed by atoms with Crippen LogP contribution in [0.3, 0.4) is 0 Å². The van der Waals surface area contributed by atoms with Gasteiger partial charge in [0.2, 0.25) is 0 Å². The molecule has 2 aliphatic rings. The van der Waals surface area contributed by atoms with Crippen molar-refractivity contribution in [2.45, 2.75) is 33.1 Å². The Balaban J connectivity index is 0.00000400. The Labute approximate surface area is 326 Å². The maximum Gasteiger partial charge on any atom is 0.135 e. The van der Waals surface area contributed by atoms with Crippen LogP contribution in [0.1, 0.15) is 31.9 Å². The fraction of sp³-hybridized carbons (Fsp3) is 0.106. The zero-order valence-corrected chi connectivity index (χ0v) is 32.2. The summed E-state index contributed by atoms with van der Waals surface area (Å²) in [6.07, 6.45) is 1.86. The normalized spacial score (nSPS) is 12.9. The maximum absolute atomic E-state index is 6.61. The Morgan fingerprint density at radius 1 is 0.604 bits per heavy atom. The van der Waals surface area contributed by atoms with Gasteiger partial charge in [-0.05, 0) is 71.5 Å². The first-order valence-electron chi connectivity index (χ1n) is 17.6. The van der Waals surface area contributed by atoms with Crippen molar-refractivity contribution in [3.05, 3.63) is 176 Å². The van der Waals surface area contributed by atoms with Crippen LogP contribution in [0, 0.1) is 25.7 Å². The van der Waals surface area contributed by atoms with Crippen molar-refractivity contribution in [3.8, 4) is 33.8 Å². The molecule has 264 valence electrons. The van der Waals surface area contributed by atoms with Crippen molar-refractivity contribution >= 4 is 39.9 Å². The first-order chi connectivity index (χ1) is 25.3. The number of aryl methyl sites for hydroxylation is 1. The molecule has 0 radical (unpaired) electrons. The van der Waals surface area contributed by atoms with E-state index < -0.39 is 0 Å². The summed E-state index contributed by atoms with van der Waals surface area (Å²) >= 11 is 0. The van der Waals surface area contributed by atoms with Crippen molar-refractivity contribution in [2.24, 2.45) is 0 Å². The average Bonchev–Trinajstić information content (AvgIpc) is 3.50. The van der Waals surface area contributed by atoms with Crippen LogP contribution < -0.4 is 19.4 Å². The molecular weight excluding hydrogens is 832 g/mol. The van der Waals surface area contributed by atoms with E-state index >= 15 is 0 Å². The predicted octanol–water partition coefficient (Wildman–Crippen LogP) is 12.6. The number of hydrogen-bond donors (Lipinski definition) is 0. The van der Waals surface area contributed by atoms with Gasteiger partial charge in [-0.15, -0.1) is 48.3 Å². The van der Waals surface area contributed by atoms with Crippen LogP contribution in [0.25, 0.3) is 22.3 Å². The van der Waals surface area contributed by atoms with Crippen LogP contribution in [0.2, 0.25) is 0 Å². The number of hydrogen-bond acceptors (Lipinski definition) is 5. The van der Waals surface area contributed by atoms with Crippen LogP contribution in [0.15, 0.2) is 146 Å². The van der Waals surface area contributed by atoms with Crippen LogP contribution >= 0.6 is 0 Å². The number of para-hydroxylation sites is 3. The fourth-order valence-corrected chi connectivity index (χ4v) is 7.15. The van der Waals surface area contributed by atoms with Crippen LogP contribution in [0.5, 0.6) is 11.5 Å². The van der Waals surface area contributed by atoms with Gasteiger partial charge in [0.25, 0.3) is 0 Å². The topological polar surface area (TPSA) is 31.8 Å². The van der Waals surface area contributed by atoms with Crippen molar-refractivity contribution < 1.29 is 25.8 Å². The van der Waals surface area contributed by atoms with Crippen LogP contribution in [0.4, 0.5) is 39.9 Å². The molecular formula is C47H37N4OPt-3. The zero-order valence-electron chi connectivity index (χ0n) is 29.9. The summed E-state index contributed by atoms with van der Waals surface area (Å²) in [5.74, 6) is 2.01. The van der Waals surface area contributed by atoms with Crippen molar-refractivity contribution in [1.82, 2.24) is 4.98 Å². The van der Waals surface area contributed by atoms with Crippen molar-refractivity contribution in [2.75, 3.05) is 14.7 Å². The quantitative estimate of drug-likeness (QED) is 0.161. The Kier molecular flexibility index (Phi) is 8.92. The molecule has 0 saturated heterocycles. The summed E-state index contributed by atoms with van der Waals surface area (Å²) in [7, 11) is 0. The second-order valence-corrected chi connectivity index (χ2v) is 14.3. The van der Waals surface area contributed by atoms with Gasteiger partial charge in [-0.1, -0.05) is 98.8 Å². The smallest absolute Gasteiger partial charge is 0.135 e. The van der Waals surface area contributed by atoms with E-state index in [1.54, 1.807) is 0 Å². The summed E-state index contributed by atoms with van der Waals surface area (Å²) in [5, 5.41) is 0. The number of nitrogens with zero attached hydrogens (tertiary/aromatic N) is 4. The second kappa shape index (κ2) is 13.7. The zero-order chi connectivity index (χ0) is 35.4. The number of rotatable bonds is 5. The van der Waals surface area contributed by atoms with Crippen molar-refractivity contribution in [1.29, 1.82) is 0 Å². The molecule has 3 heterocycles. The van der Waals surface area contributed by atoms with E-state index in [0.717, 1.165) is 62.2 Å². The third-order valence-corrected chi connectivity index (χ3v) is 9.76. The van der Waals surface area contributed by atoms with E-state index in [9.17, 15) is 0 Å². The first kappa shape index (κ1) is 34.4. The molecule has 0 N–H and O–H groups in total. The molecule has 6 heteroatoms. The number of fused-ring (bicyclic) bond motifs is 6. The molecule has 0 amide bonds. The molecule has 6 aromatic carbocycles. The summed E-state index contributed by atoms with van der Waals surface area (Å²) in [5.41, 5.74) is 13.0. The third kappa shape index (κ3) is 6.30. The average molecular weight is 869 g/mol. The number of ether oxygens (including phenoxy) is 1. The minimum Gasteiger partial charge on any atom is -0.509 e. The summed E-state index contributed by atoms with van der Waals surface area (Å²) in [6, 6.07) is 55.8. The van der Waals surface area contributed by atoms with Crippen molar-refractivity contribution in [3.63, 3.8) is 0 Å². The molecule has 9 rings (SSSR count). The van der Waals surface area contributed by atoms with Crippen LogP contribution in [-0.4, -0.2) is 4.98 Å². The number of aromatic nitrogens is 1. The molecule has 53 heavy (non-hydrogen) atoms. The van der Waals surface area contributed by atoms with Gasteiger partial charge in [-0.3, -0.25) is 0 Å². The van der Waals surface area contributed by atoms with E-state index in [1.165, 1.54) is 11.1 Å². The first-order valence-corrected chi connectivity index (χ1v) is 17.6. The van der Waals surface area contributed by atoms with Gasteiger partial charge in [0.1, 0.15) is 5.82 Å². The Morgan fingerprint density at radius 3 is 2.02 bits per heavy atom. The van der Waals surface area contributed by atoms with E-state index in [0.29, 0.717) is 11.5 Å². The SMILES string of the molecule is Cc1ccnc(N2c3[c-]c(Oc4[c-]c(N5[CH-]N(c6cccc(C(C)(C)C)c6)c6ccccc65)ccc4)ccc3-c3ccccc3-c3ccccc32)c1.[Pt]. The van der Waals surface area contributed by atoms with E-state index in [1.807, 2.05) is 30.5 Å². The molecule has 0 unspecified atom stereocenters. The third-order valence-electron chi connectivity index (χ3n) is 9.76. The molecule has 5 nitrogen and oxygen atoms in total. The molecule has 0 atom stereocenters. The minimum absolute atomic E-state index is 0. The van der Waals surface area contributed by atoms with Gasteiger partial charge >= 0.3 is 0 Å². The summed E-state index contributed by atoms with van der Waals surface area (Å²) in [6.45, 7) is 11.0. The van der Waals surface area contributed by atoms with Gasteiger partial charge in [0, 0.05) is 61.4 Å². The van der Waals surface area contributed by atoms with Crippen LogP contribution in [-0.2, 0) is 26.5 Å². The van der Waals surface area contributed by atoms with Gasteiger partial charge in [-0.25, -0.2) is 4.98 Å². The molecule has 0 bridgehead atoms. The molecule has 0 spiro atoms. The molecule has 0 aliphatic carbocycles. The predicted molar refractivity (Wildman–Crippen MR) is 212 cm³/mol. The molecule has 0 fully saturated rings. The Morgan fingerprint density at radius 2 is 1.26 bits per heavy atom. The number of anilines is 7. The molecule has 0 saturated carbocycles. The Hall–Kier alpha value is -5.64. The summed E-state index contributed by atoms with van der Waals surface area (Å²) in [4.78, 5) is 11.5. The Bertz CT molecular complexity index is 2470. The summed E-state index contributed by atoms with van der Waals surface area (Å²) < 4.78 is 6.61. The molecule has 7 aromatic rings. The van der Waals surface area contributed by atoms with E-state index in [-0.39, 0.29) is 26.5 Å². The second-order valence-electron chi connectivity index (χ2n) is 14.3. The number of benzene rings is 6. The molecule has 2 aliphatic heterocycles. The molecule has 1 aromatic heterocycles. The van der Waals surface area contributed by atoms with Gasteiger partial charge in [0.05, 0.1) is 5.69 Å². The number of pyridine rings is 1.